The Balaban J connectivity index is 1.62. The summed E-state index contributed by atoms with van der Waals surface area (Å²) in [4.78, 5) is 20.9. The van der Waals surface area contributed by atoms with Crippen LogP contribution in [-0.2, 0) is 0 Å². The summed E-state index contributed by atoms with van der Waals surface area (Å²) in [6.45, 7) is 5.28. The average Bonchev–Trinajstić information content (AvgIpc) is 2.62. The van der Waals surface area contributed by atoms with E-state index < -0.39 is 0 Å². The number of aromatic nitrogens is 1. The fraction of sp³-hybridized carbons (Fsp3) is 0.368. The SMILES string of the molecule is CC(O)CN1CCN(C(=O)c2ccnc(Oc3ccccc3)c2)CC1. The molecule has 1 atom stereocenters. The number of ether oxygens (including phenoxy) is 1. The minimum absolute atomic E-state index is 0.0167. The van der Waals surface area contributed by atoms with Crippen LogP contribution in [0.4, 0.5) is 0 Å². The molecule has 1 aromatic heterocycles. The zero-order valence-corrected chi connectivity index (χ0v) is 14.3. The van der Waals surface area contributed by atoms with Crippen molar-refractivity contribution in [1.82, 2.24) is 14.8 Å². The minimum atomic E-state index is -0.347. The fourth-order valence-corrected chi connectivity index (χ4v) is 2.90. The molecule has 2 aromatic rings. The molecule has 0 spiro atoms. The predicted octanol–water partition coefficient (Wildman–Crippen LogP) is 2.01. The standard InChI is InChI=1S/C19H23N3O3/c1-15(23)14-21-9-11-22(12-10-21)19(24)16-7-8-20-18(13-16)25-17-5-3-2-4-6-17/h2-8,13,15,23H,9-12,14H2,1H3. The van der Waals surface area contributed by atoms with E-state index in [2.05, 4.69) is 9.88 Å². The molecule has 1 aliphatic rings. The summed E-state index contributed by atoms with van der Waals surface area (Å²) in [5.74, 6) is 1.08. The van der Waals surface area contributed by atoms with Gasteiger partial charge in [0.1, 0.15) is 5.75 Å². The van der Waals surface area contributed by atoms with E-state index in [9.17, 15) is 9.90 Å². The Hall–Kier alpha value is -2.44. The van der Waals surface area contributed by atoms with Crippen molar-refractivity contribution in [1.29, 1.82) is 0 Å². The van der Waals surface area contributed by atoms with Crippen molar-refractivity contribution in [3.63, 3.8) is 0 Å². The van der Waals surface area contributed by atoms with Gasteiger partial charge in [0, 0.05) is 50.6 Å². The minimum Gasteiger partial charge on any atom is -0.439 e. The average molecular weight is 341 g/mol. The van der Waals surface area contributed by atoms with Crippen molar-refractivity contribution in [3.8, 4) is 11.6 Å². The maximum Gasteiger partial charge on any atom is 0.254 e. The largest absolute Gasteiger partial charge is 0.439 e. The van der Waals surface area contributed by atoms with E-state index in [0.29, 0.717) is 36.8 Å². The third-order valence-corrected chi connectivity index (χ3v) is 4.13. The van der Waals surface area contributed by atoms with Gasteiger partial charge in [-0.1, -0.05) is 18.2 Å². The van der Waals surface area contributed by atoms with Crippen LogP contribution >= 0.6 is 0 Å². The number of para-hydroxylation sites is 1. The van der Waals surface area contributed by atoms with E-state index in [-0.39, 0.29) is 12.0 Å². The van der Waals surface area contributed by atoms with Crippen LogP contribution in [-0.4, -0.2) is 64.6 Å². The van der Waals surface area contributed by atoms with Gasteiger partial charge in [0.2, 0.25) is 5.88 Å². The van der Waals surface area contributed by atoms with Crippen LogP contribution in [0.1, 0.15) is 17.3 Å². The Morgan fingerprint density at radius 2 is 1.92 bits per heavy atom. The van der Waals surface area contributed by atoms with Crippen molar-refractivity contribution in [2.45, 2.75) is 13.0 Å². The number of benzene rings is 1. The lowest BCUT2D eigenvalue weighted by Gasteiger charge is -2.35. The molecule has 0 radical (unpaired) electrons. The number of rotatable bonds is 5. The van der Waals surface area contributed by atoms with Crippen molar-refractivity contribution in [2.75, 3.05) is 32.7 Å². The highest BCUT2D eigenvalue weighted by molar-refractivity contribution is 5.94. The second kappa shape index (κ2) is 8.09. The number of hydrogen-bond donors (Lipinski definition) is 1. The number of aliphatic hydroxyl groups excluding tert-OH is 1. The molecule has 2 heterocycles. The molecule has 1 fully saturated rings. The van der Waals surface area contributed by atoms with Gasteiger partial charge in [0.15, 0.2) is 0 Å². The summed E-state index contributed by atoms with van der Waals surface area (Å²) in [5.41, 5.74) is 0.574. The van der Waals surface area contributed by atoms with Crippen LogP contribution in [0.2, 0.25) is 0 Å². The third kappa shape index (κ3) is 4.78. The smallest absolute Gasteiger partial charge is 0.254 e. The molecule has 6 heteroatoms. The molecular weight excluding hydrogens is 318 g/mol. The quantitative estimate of drug-likeness (QED) is 0.901. The van der Waals surface area contributed by atoms with Gasteiger partial charge in [-0.15, -0.1) is 0 Å². The van der Waals surface area contributed by atoms with Gasteiger partial charge in [-0.2, -0.15) is 0 Å². The Labute approximate surface area is 147 Å². The Bertz CT molecular complexity index is 698. The number of carbonyl (C=O) groups is 1. The van der Waals surface area contributed by atoms with Crippen LogP contribution in [0.25, 0.3) is 0 Å². The summed E-state index contributed by atoms with van der Waals surface area (Å²) in [7, 11) is 0. The van der Waals surface area contributed by atoms with Gasteiger partial charge in [-0.3, -0.25) is 9.69 Å². The second-order valence-electron chi connectivity index (χ2n) is 6.24. The summed E-state index contributed by atoms with van der Waals surface area (Å²) in [5, 5.41) is 9.47. The van der Waals surface area contributed by atoms with Crippen LogP contribution in [0.5, 0.6) is 11.6 Å². The van der Waals surface area contributed by atoms with E-state index in [0.717, 1.165) is 13.1 Å². The molecule has 0 aliphatic carbocycles. The lowest BCUT2D eigenvalue weighted by Crippen LogP contribution is -2.50. The number of aliphatic hydroxyl groups is 1. The highest BCUT2D eigenvalue weighted by atomic mass is 16.5. The van der Waals surface area contributed by atoms with E-state index >= 15 is 0 Å². The number of amides is 1. The highest BCUT2D eigenvalue weighted by Crippen LogP contribution is 2.20. The Morgan fingerprint density at radius 3 is 2.60 bits per heavy atom. The number of hydrogen-bond acceptors (Lipinski definition) is 5. The molecule has 1 saturated heterocycles. The first-order valence-electron chi connectivity index (χ1n) is 8.50. The first kappa shape index (κ1) is 17.4. The van der Waals surface area contributed by atoms with E-state index in [4.69, 9.17) is 4.74 Å². The van der Waals surface area contributed by atoms with Crippen molar-refractivity contribution in [2.24, 2.45) is 0 Å². The number of β-amino-alcohol motifs (C(OH)–C–C–N with tert-alkyl or cyclic N) is 1. The second-order valence-corrected chi connectivity index (χ2v) is 6.24. The van der Waals surface area contributed by atoms with E-state index in [1.807, 2.05) is 35.2 Å². The molecule has 3 rings (SSSR count). The van der Waals surface area contributed by atoms with E-state index in [1.165, 1.54) is 0 Å². The van der Waals surface area contributed by atoms with Gasteiger partial charge >= 0.3 is 0 Å². The van der Waals surface area contributed by atoms with Gasteiger partial charge in [-0.25, -0.2) is 4.98 Å². The lowest BCUT2D eigenvalue weighted by atomic mass is 10.2. The number of carbonyl (C=O) groups excluding carboxylic acids is 1. The first-order chi connectivity index (χ1) is 12.1. The van der Waals surface area contributed by atoms with Crippen molar-refractivity contribution < 1.29 is 14.6 Å². The predicted molar refractivity (Wildman–Crippen MR) is 94.8 cm³/mol. The topological polar surface area (TPSA) is 65.9 Å². The molecule has 1 aromatic carbocycles. The number of pyridine rings is 1. The molecule has 0 saturated carbocycles. The van der Waals surface area contributed by atoms with Crippen LogP contribution in [0.15, 0.2) is 48.7 Å². The maximum atomic E-state index is 12.7. The molecule has 6 nitrogen and oxygen atoms in total. The maximum absolute atomic E-state index is 12.7. The normalized spacial score (nSPS) is 16.5. The van der Waals surface area contributed by atoms with Crippen molar-refractivity contribution in [3.05, 3.63) is 54.2 Å². The molecule has 1 N–H and O–H groups in total. The van der Waals surface area contributed by atoms with Gasteiger partial charge in [0.25, 0.3) is 5.91 Å². The molecule has 1 unspecified atom stereocenters. The van der Waals surface area contributed by atoms with Crippen LogP contribution < -0.4 is 4.74 Å². The fourth-order valence-electron chi connectivity index (χ4n) is 2.90. The molecule has 132 valence electrons. The van der Waals surface area contributed by atoms with Crippen LogP contribution in [0.3, 0.4) is 0 Å². The monoisotopic (exact) mass is 341 g/mol. The Morgan fingerprint density at radius 1 is 1.20 bits per heavy atom. The van der Waals surface area contributed by atoms with Crippen molar-refractivity contribution >= 4 is 5.91 Å². The summed E-state index contributed by atoms with van der Waals surface area (Å²) in [6.07, 6.45) is 1.25. The Kier molecular flexibility index (Phi) is 5.63. The zero-order valence-electron chi connectivity index (χ0n) is 14.3. The molecular formula is C19H23N3O3. The van der Waals surface area contributed by atoms with Gasteiger partial charge in [0.05, 0.1) is 6.10 Å². The van der Waals surface area contributed by atoms with Gasteiger partial charge in [-0.05, 0) is 25.1 Å². The molecule has 1 aliphatic heterocycles. The molecule has 0 bridgehead atoms. The first-order valence-corrected chi connectivity index (χ1v) is 8.50. The number of nitrogens with zero attached hydrogens (tertiary/aromatic N) is 3. The lowest BCUT2D eigenvalue weighted by molar-refractivity contribution is 0.0553. The highest BCUT2D eigenvalue weighted by Gasteiger charge is 2.23. The third-order valence-electron chi connectivity index (χ3n) is 4.13. The summed E-state index contributed by atoms with van der Waals surface area (Å²) in [6, 6.07) is 12.8. The summed E-state index contributed by atoms with van der Waals surface area (Å²) < 4.78 is 5.70. The summed E-state index contributed by atoms with van der Waals surface area (Å²) >= 11 is 0. The van der Waals surface area contributed by atoms with E-state index in [1.54, 1.807) is 25.3 Å². The van der Waals surface area contributed by atoms with Crippen LogP contribution in [0, 0.1) is 0 Å². The molecule has 25 heavy (non-hydrogen) atoms. The number of piperazine rings is 1. The molecule has 1 amide bonds. The zero-order chi connectivity index (χ0) is 17.6. The van der Waals surface area contributed by atoms with Gasteiger partial charge < -0.3 is 14.7 Å².